The Morgan fingerprint density at radius 3 is 2.50 bits per heavy atom. The summed E-state index contributed by atoms with van der Waals surface area (Å²) in [5.74, 6) is 0. The van der Waals surface area contributed by atoms with Crippen molar-refractivity contribution in [2.45, 2.75) is 33.7 Å². The van der Waals surface area contributed by atoms with Crippen molar-refractivity contribution in [1.29, 1.82) is 0 Å². The summed E-state index contributed by atoms with van der Waals surface area (Å²) in [5, 5.41) is 5.31. The van der Waals surface area contributed by atoms with Crippen LogP contribution in [0, 0.1) is 10.8 Å². The van der Waals surface area contributed by atoms with E-state index in [-0.39, 0.29) is 0 Å². The number of nitrogens with one attached hydrogen (secondary N) is 1. The lowest BCUT2D eigenvalue weighted by Crippen LogP contribution is -2.09. The van der Waals surface area contributed by atoms with Crippen LogP contribution in [0.25, 0.3) is 10.2 Å². The van der Waals surface area contributed by atoms with Crippen molar-refractivity contribution >= 4 is 38.3 Å². The lowest BCUT2D eigenvalue weighted by Gasteiger charge is -2.02. The summed E-state index contributed by atoms with van der Waals surface area (Å²) < 4.78 is 1.18. The number of thiazole rings is 1. The summed E-state index contributed by atoms with van der Waals surface area (Å²) in [6.07, 6.45) is 0. The van der Waals surface area contributed by atoms with Crippen LogP contribution in [0.4, 0.5) is 5.13 Å². The largest absolute Gasteiger partial charge is 0.358 e. The van der Waals surface area contributed by atoms with Crippen molar-refractivity contribution in [1.82, 2.24) is 4.98 Å². The third-order valence-electron chi connectivity index (χ3n) is 4.64. The standard InChI is InChI=1S/C14H17ClN2S/c1-13(2)11(14(13,3)4)17-12-16-9-7-8(15)5-6-10(9)18-12/h5-7,11H,1-4H3,(H,16,17). The third kappa shape index (κ3) is 1.64. The monoisotopic (exact) mass is 280 g/mol. The zero-order valence-electron chi connectivity index (χ0n) is 11.0. The van der Waals surface area contributed by atoms with Gasteiger partial charge in [0.05, 0.1) is 10.2 Å². The molecular formula is C14H17ClN2S. The second-order valence-corrected chi connectivity index (χ2v) is 7.62. The van der Waals surface area contributed by atoms with Gasteiger partial charge < -0.3 is 5.32 Å². The number of benzene rings is 1. The average Bonchev–Trinajstić information content (AvgIpc) is 2.64. The summed E-state index contributed by atoms with van der Waals surface area (Å²) in [7, 11) is 0. The number of hydrogen-bond donors (Lipinski definition) is 1. The number of aromatic nitrogens is 1. The van der Waals surface area contributed by atoms with E-state index in [0.29, 0.717) is 16.9 Å². The number of rotatable bonds is 2. The van der Waals surface area contributed by atoms with Crippen LogP contribution >= 0.6 is 22.9 Å². The summed E-state index contributed by atoms with van der Waals surface area (Å²) in [5.41, 5.74) is 1.62. The molecule has 18 heavy (non-hydrogen) atoms. The fraction of sp³-hybridized carbons (Fsp3) is 0.500. The molecule has 0 amide bonds. The summed E-state index contributed by atoms with van der Waals surface area (Å²) in [6, 6.07) is 6.35. The van der Waals surface area contributed by atoms with E-state index < -0.39 is 0 Å². The van der Waals surface area contributed by atoms with Gasteiger partial charge >= 0.3 is 0 Å². The van der Waals surface area contributed by atoms with E-state index in [1.807, 2.05) is 18.2 Å². The van der Waals surface area contributed by atoms with E-state index in [1.54, 1.807) is 11.3 Å². The van der Waals surface area contributed by atoms with Gasteiger partial charge in [0.15, 0.2) is 5.13 Å². The highest BCUT2D eigenvalue weighted by atomic mass is 35.5. The van der Waals surface area contributed by atoms with Crippen LogP contribution in [-0.4, -0.2) is 11.0 Å². The first-order chi connectivity index (χ1) is 8.32. The molecule has 0 unspecified atom stereocenters. The van der Waals surface area contributed by atoms with Gasteiger partial charge in [-0.1, -0.05) is 50.6 Å². The second kappa shape index (κ2) is 3.61. The van der Waals surface area contributed by atoms with E-state index in [4.69, 9.17) is 11.6 Å². The molecule has 4 heteroatoms. The number of fused-ring (bicyclic) bond motifs is 1. The number of anilines is 1. The maximum absolute atomic E-state index is 5.98. The zero-order valence-corrected chi connectivity index (χ0v) is 12.6. The highest BCUT2D eigenvalue weighted by Gasteiger charge is 2.65. The highest BCUT2D eigenvalue weighted by Crippen LogP contribution is 2.63. The summed E-state index contributed by atoms with van der Waals surface area (Å²) in [6.45, 7) is 9.20. The van der Waals surface area contributed by atoms with Gasteiger partial charge in [-0.25, -0.2) is 4.98 Å². The predicted molar refractivity (Wildman–Crippen MR) is 79.6 cm³/mol. The Kier molecular flexibility index (Phi) is 2.46. The van der Waals surface area contributed by atoms with Crippen molar-refractivity contribution in [3.05, 3.63) is 23.2 Å². The van der Waals surface area contributed by atoms with Crippen molar-refractivity contribution < 1.29 is 0 Å². The van der Waals surface area contributed by atoms with E-state index in [1.165, 1.54) is 4.70 Å². The predicted octanol–water partition coefficient (Wildman–Crippen LogP) is 4.80. The van der Waals surface area contributed by atoms with Crippen LogP contribution in [-0.2, 0) is 0 Å². The molecule has 1 heterocycles. The first-order valence-electron chi connectivity index (χ1n) is 6.15. The number of hydrogen-bond acceptors (Lipinski definition) is 3. The van der Waals surface area contributed by atoms with Crippen LogP contribution in [0.1, 0.15) is 27.7 Å². The van der Waals surface area contributed by atoms with Crippen molar-refractivity contribution in [2.75, 3.05) is 5.32 Å². The molecule has 0 radical (unpaired) electrons. The molecule has 0 aliphatic heterocycles. The zero-order chi connectivity index (χ0) is 13.1. The lowest BCUT2D eigenvalue weighted by atomic mass is 10.0. The maximum atomic E-state index is 5.98. The van der Waals surface area contributed by atoms with E-state index in [0.717, 1.165) is 15.7 Å². The molecule has 1 aliphatic rings. The van der Waals surface area contributed by atoms with Crippen LogP contribution in [0.3, 0.4) is 0 Å². The average molecular weight is 281 g/mol. The van der Waals surface area contributed by atoms with Gasteiger partial charge in [0.1, 0.15) is 0 Å². The van der Waals surface area contributed by atoms with E-state index >= 15 is 0 Å². The molecule has 0 spiro atoms. The quantitative estimate of drug-likeness (QED) is 0.855. The summed E-state index contributed by atoms with van der Waals surface area (Å²) >= 11 is 7.68. The molecule has 96 valence electrons. The van der Waals surface area contributed by atoms with Crippen LogP contribution in [0.2, 0.25) is 5.02 Å². The van der Waals surface area contributed by atoms with Gasteiger partial charge in [-0.15, -0.1) is 0 Å². The smallest absolute Gasteiger partial charge is 0.184 e. The Morgan fingerprint density at radius 1 is 1.22 bits per heavy atom. The van der Waals surface area contributed by atoms with Gasteiger partial charge in [-0.3, -0.25) is 0 Å². The van der Waals surface area contributed by atoms with Crippen molar-refractivity contribution in [2.24, 2.45) is 10.8 Å². The highest BCUT2D eigenvalue weighted by molar-refractivity contribution is 7.22. The molecule has 2 nitrogen and oxygen atoms in total. The Labute approximate surface area is 116 Å². The lowest BCUT2D eigenvalue weighted by molar-refractivity contribution is 0.457. The molecule has 0 atom stereocenters. The van der Waals surface area contributed by atoms with Gasteiger partial charge in [-0.05, 0) is 29.0 Å². The summed E-state index contributed by atoms with van der Waals surface area (Å²) in [4.78, 5) is 4.61. The Hall–Kier alpha value is -0.800. The number of halogens is 1. The maximum Gasteiger partial charge on any atom is 0.184 e. The first-order valence-corrected chi connectivity index (χ1v) is 7.34. The van der Waals surface area contributed by atoms with Crippen molar-refractivity contribution in [3.8, 4) is 0 Å². The molecular weight excluding hydrogens is 264 g/mol. The molecule has 2 aromatic rings. The molecule has 1 N–H and O–H groups in total. The van der Waals surface area contributed by atoms with Crippen LogP contribution in [0.15, 0.2) is 18.2 Å². The van der Waals surface area contributed by atoms with Gasteiger partial charge in [0.25, 0.3) is 0 Å². The van der Waals surface area contributed by atoms with Gasteiger partial charge in [0, 0.05) is 11.1 Å². The molecule has 3 rings (SSSR count). The fourth-order valence-corrected chi connectivity index (χ4v) is 3.68. The third-order valence-corrected chi connectivity index (χ3v) is 5.84. The molecule has 0 saturated heterocycles. The molecule has 0 bridgehead atoms. The molecule has 1 saturated carbocycles. The fourth-order valence-electron chi connectivity index (χ4n) is 2.64. The first kappa shape index (κ1) is 12.2. The molecule has 1 aliphatic carbocycles. The minimum absolute atomic E-state index is 0.322. The SMILES string of the molecule is CC1(C)C(Nc2nc3cc(Cl)ccc3s2)C1(C)C. The van der Waals surface area contributed by atoms with Gasteiger partial charge in [0.2, 0.25) is 0 Å². The Balaban J connectivity index is 1.89. The van der Waals surface area contributed by atoms with Crippen LogP contribution in [0.5, 0.6) is 0 Å². The van der Waals surface area contributed by atoms with E-state index in [2.05, 4.69) is 38.0 Å². The molecule has 1 fully saturated rings. The van der Waals surface area contributed by atoms with E-state index in [9.17, 15) is 0 Å². The topological polar surface area (TPSA) is 24.9 Å². The minimum atomic E-state index is 0.322. The number of nitrogens with zero attached hydrogens (tertiary/aromatic N) is 1. The van der Waals surface area contributed by atoms with Crippen LogP contribution < -0.4 is 5.32 Å². The molecule has 1 aromatic heterocycles. The van der Waals surface area contributed by atoms with Gasteiger partial charge in [-0.2, -0.15) is 0 Å². The second-order valence-electron chi connectivity index (χ2n) is 6.15. The molecule has 1 aromatic carbocycles. The normalized spacial score (nSPS) is 21.2. The van der Waals surface area contributed by atoms with Crippen molar-refractivity contribution in [3.63, 3.8) is 0 Å². The Bertz CT molecular complexity index is 601. The Morgan fingerprint density at radius 2 is 1.89 bits per heavy atom. The minimum Gasteiger partial charge on any atom is -0.358 e.